The highest BCUT2D eigenvalue weighted by Gasteiger charge is 2.34. The molecule has 1 heterocycles. The average molecular weight is 180 g/mol. The summed E-state index contributed by atoms with van der Waals surface area (Å²) in [6.07, 6.45) is 1.32. The number of hydrogen-bond donors (Lipinski definition) is 0. The zero-order valence-electron chi connectivity index (χ0n) is 8.29. The number of nitrogens with zero attached hydrogens (tertiary/aromatic N) is 2. The second-order valence-electron chi connectivity index (χ2n) is 3.48. The summed E-state index contributed by atoms with van der Waals surface area (Å²) in [7, 11) is 0. The van der Waals surface area contributed by atoms with Crippen molar-refractivity contribution in [3.63, 3.8) is 0 Å². The second-order valence-corrected chi connectivity index (χ2v) is 3.48. The fraction of sp³-hybridized carbons (Fsp3) is 0.800. The molecule has 0 N–H and O–H groups in total. The van der Waals surface area contributed by atoms with Gasteiger partial charge in [-0.3, -0.25) is 9.69 Å². The van der Waals surface area contributed by atoms with E-state index in [2.05, 4.69) is 11.0 Å². The number of likely N-dealkylation sites (tertiary alicyclic amines) is 1. The summed E-state index contributed by atoms with van der Waals surface area (Å²) < 4.78 is 0. The molecule has 0 amide bonds. The van der Waals surface area contributed by atoms with E-state index >= 15 is 0 Å². The Labute approximate surface area is 79.3 Å². The topological polar surface area (TPSA) is 44.1 Å². The minimum Gasteiger partial charge on any atom is -0.298 e. The van der Waals surface area contributed by atoms with E-state index in [-0.39, 0.29) is 17.7 Å². The molecule has 0 radical (unpaired) electrons. The lowest BCUT2D eigenvalue weighted by Gasteiger charge is -2.20. The normalized spacial score (nSPS) is 28.7. The van der Waals surface area contributed by atoms with Crippen molar-refractivity contribution >= 4 is 5.78 Å². The molecule has 1 rings (SSSR count). The van der Waals surface area contributed by atoms with Gasteiger partial charge in [-0.1, -0.05) is 13.8 Å². The van der Waals surface area contributed by atoms with Gasteiger partial charge in [-0.15, -0.1) is 0 Å². The number of hydrogen-bond acceptors (Lipinski definition) is 3. The number of ketones is 1. The minimum atomic E-state index is 0.0136. The molecule has 0 bridgehead atoms. The van der Waals surface area contributed by atoms with Crippen LogP contribution in [-0.2, 0) is 4.79 Å². The van der Waals surface area contributed by atoms with Crippen LogP contribution in [0.5, 0.6) is 0 Å². The molecular weight excluding hydrogens is 164 g/mol. The molecule has 2 atom stereocenters. The Morgan fingerprint density at radius 3 is 2.77 bits per heavy atom. The third-order valence-electron chi connectivity index (χ3n) is 2.71. The molecule has 0 aromatic rings. The van der Waals surface area contributed by atoms with Crippen molar-refractivity contribution in [1.29, 1.82) is 5.26 Å². The lowest BCUT2D eigenvalue weighted by molar-refractivity contribution is -0.122. The average Bonchev–Trinajstić information content (AvgIpc) is 2.59. The number of nitriles is 1. The van der Waals surface area contributed by atoms with Gasteiger partial charge in [0.1, 0.15) is 5.78 Å². The highest BCUT2D eigenvalue weighted by Crippen LogP contribution is 2.23. The maximum absolute atomic E-state index is 11.5. The number of rotatable bonds is 3. The monoisotopic (exact) mass is 180 g/mol. The molecule has 1 aliphatic rings. The molecular formula is C10H16N2O. The summed E-state index contributed by atoms with van der Waals surface area (Å²) in [6, 6.07) is 2.26. The van der Waals surface area contributed by atoms with Crippen LogP contribution in [0.1, 0.15) is 26.7 Å². The Morgan fingerprint density at radius 2 is 2.31 bits per heavy atom. The van der Waals surface area contributed by atoms with Gasteiger partial charge in [-0.05, 0) is 13.0 Å². The van der Waals surface area contributed by atoms with Gasteiger partial charge >= 0.3 is 0 Å². The Bertz CT molecular complexity index is 232. The highest BCUT2D eigenvalue weighted by atomic mass is 16.1. The molecule has 0 spiro atoms. The third kappa shape index (κ3) is 2.07. The SMILES string of the molecule is CCC(=O)C1CC(C#N)CN1CC. The number of carbonyl (C=O) groups excluding carboxylic acids is 1. The van der Waals surface area contributed by atoms with Crippen molar-refractivity contribution in [1.82, 2.24) is 4.90 Å². The molecule has 3 nitrogen and oxygen atoms in total. The van der Waals surface area contributed by atoms with E-state index in [9.17, 15) is 4.79 Å². The van der Waals surface area contributed by atoms with Gasteiger partial charge in [0.2, 0.25) is 0 Å². The van der Waals surface area contributed by atoms with Crippen molar-refractivity contribution in [3.05, 3.63) is 0 Å². The summed E-state index contributed by atoms with van der Waals surface area (Å²) in [5.41, 5.74) is 0. The van der Waals surface area contributed by atoms with Gasteiger partial charge in [0.15, 0.2) is 0 Å². The Balaban J connectivity index is 2.64. The first-order valence-electron chi connectivity index (χ1n) is 4.89. The quantitative estimate of drug-likeness (QED) is 0.655. The zero-order valence-corrected chi connectivity index (χ0v) is 8.29. The molecule has 1 aliphatic heterocycles. The summed E-state index contributed by atoms with van der Waals surface area (Å²) in [5.74, 6) is 0.333. The van der Waals surface area contributed by atoms with E-state index in [0.717, 1.165) is 19.5 Å². The van der Waals surface area contributed by atoms with E-state index in [0.29, 0.717) is 6.42 Å². The predicted molar refractivity (Wildman–Crippen MR) is 50.1 cm³/mol. The van der Waals surface area contributed by atoms with Gasteiger partial charge in [-0.2, -0.15) is 5.26 Å². The molecule has 2 unspecified atom stereocenters. The third-order valence-corrected chi connectivity index (χ3v) is 2.71. The van der Waals surface area contributed by atoms with E-state index in [4.69, 9.17) is 5.26 Å². The maximum Gasteiger partial charge on any atom is 0.149 e. The first kappa shape index (κ1) is 10.2. The van der Waals surface area contributed by atoms with Crippen LogP contribution >= 0.6 is 0 Å². The van der Waals surface area contributed by atoms with Crippen LogP contribution in [0.15, 0.2) is 0 Å². The van der Waals surface area contributed by atoms with E-state index < -0.39 is 0 Å². The molecule has 0 saturated carbocycles. The van der Waals surface area contributed by atoms with Crippen LogP contribution in [0.3, 0.4) is 0 Å². The molecule has 1 fully saturated rings. The molecule has 0 aliphatic carbocycles. The van der Waals surface area contributed by atoms with Crippen LogP contribution in [0.4, 0.5) is 0 Å². The molecule has 72 valence electrons. The smallest absolute Gasteiger partial charge is 0.149 e. The Kier molecular flexibility index (Phi) is 3.44. The summed E-state index contributed by atoms with van der Waals surface area (Å²) in [5, 5.41) is 8.76. The molecule has 13 heavy (non-hydrogen) atoms. The van der Waals surface area contributed by atoms with Crippen LogP contribution in [0.2, 0.25) is 0 Å². The first-order chi connectivity index (χ1) is 6.22. The number of Topliss-reactive ketones (excluding diaryl/α,β-unsaturated/α-hetero) is 1. The molecule has 1 saturated heterocycles. The Hall–Kier alpha value is -0.880. The van der Waals surface area contributed by atoms with E-state index in [1.165, 1.54) is 0 Å². The number of carbonyl (C=O) groups is 1. The van der Waals surface area contributed by atoms with E-state index in [1.54, 1.807) is 0 Å². The van der Waals surface area contributed by atoms with Gasteiger partial charge in [-0.25, -0.2) is 0 Å². The van der Waals surface area contributed by atoms with Gasteiger partial charge < -0.3 is 0 Å². The predicted octanol–water partition coefficient (Wildman–Crippen LogP) is 1.20. The van der Waals surface area contributed by atoms with Crippen molar-refractivity contribution < 1.29 is 4.79 Å². The standard InChI is InChI=1S/C10H16N2O/c1-3-10(13)9-5-8(6-11)7-12(9)4-2/h8-9H,3-5,7H2,1-2H3. The number of likely N-dealkylation sites (N-methyl/N-ethyl adjacent to an activating group) is 1. The highest BCUT2D eigenvalue weighted by molar-refractivity contribution is 5.84. The van der Waals surface area contributed by atoms with Crippen molar-refractivity contribution in [2.24, 2.45) is 5.92 Å². The molecule has 0 aromatic heterocycles. The van der Waals surface area contributed by atoms with Crippen LogP contribution in [-0.4, -0.2) is 29.8 Å². The summed E-state index contributed by atoms with van der Waals surface area (Å²) in [4.78, 5) is 13.6. The van der Waals surface area contributed by atoms with Gasteiger partial charge in [0.05, 0.1) is 18.0 Å². The van der Waals surface area contributed by atoms with Crippen LogP contribution < -0.4 is 0 Å². The molecule has 3 heteroatoms. The minimum absolute atomic E-state index is 0.0136. The molecule has 0 aromatic carbocycles. The van der Waals surface area contributed by atoms with Crippen LogP contribution in [0, 0.1) is 17.2 Å². The van der Waals surface area contributed by atoms with Crippen molar-refractivity contribution in [2.75, 3.05) is 13.1 Å². The Morgan fingerprint density at radius 1 is 1.62 bits per heavy atom. The van der Waals surface area contributed by atoms with E-state index in [1.807, 2.05) is 13.8 Å². The van der Waals surface area contributed by atoms with Gasteiger partial charge in [0, 0.05) is 13.0 Å². The zero-order chi connectivity index (χ0) is 9.84. The summed E-state index contributed by atoms with van der Waals surface area (Å²) >= 11 is 0. The largest absolute Gasteiger partial charge is 0.298 e. The maximum atomic E-state index is 11.5. The van der Waals surface area contributed by atoms with Gasteiger partial charge in [0.25, 0.3) is 0 Å². The summed E-state index contributed by atoms with van der Waals surface area (Å²) in [6.45, 7) is 5.56. The first-order valence-corrected chi connectivity index (χ1v) is 4.89. The lowest BCUT2D eigenvalue weighted by Crippen LogP contribution is -2.35. The fourth-order valence-electron chi connectivity index (χ4n) is 1.92. The second kappa shape index (κ2) is 4.38. The fourth-order valence-corrected chi connectivity index (χ4v) is 1.92. The van der Waals surface area contributed by atoms with Crippen LogP contribution in [0.25, 0.3) is 0 Å². The van der Waals surface area contributed by atoms with Crippen molar-refractivity contribution in [2.45, 2.75) is 32.7 Å². The lowest BCUT2D eigenvalue weighted by atomic mass is 10.0. The van der Waals surface area contributed by atoms with Crippen molar-refractivity contribution in [3.8, 4) is 6.07 Å².